The highest BCUT2D eigenvalue weighted by Gasteiger charge is 2.39. The molecule has 0 aromatic heterocycles. The summed E-state index contributed by atoms with van der Waals surface area (Å²) in [6.45, 7) is 3.41. The largest absolute Gasteiger partial charge is 0.504 e. The molecule has 146 valence electrons. The fourth-order valence-electron chi connectivity index (χ4n) is 4.71. The zero-order valence-corrected chi connectivity index (χ0v) is 15.8. The predicted molar refractivity (Wildman–Crippen MR) is 109 cm³/mol. The predicted octanol–water partition coefficient (Wildman–Crippen LogP) is 5.24. The lowest BCUT2D eigenvalue weighted by Gasteiger charge is -2.45. The SMILES string of the molecule is CC1c2ccc(N=O)c(N=O)c2CN2CCc3cc(OC4=CC=C4)c(O)cc3C12. The minimum absolute atomic E-state index is 0.0578. The summed E-state index contributed by atoms with van der Waals surface area (Å²) in [5.41, 5.74) is 4.21. The molecular formula is C22H19N3O4. The first-order valence-corrected chi connectivity index (χ1v) is 9.59. The molecule has 5 rings (SSSR count). The number of phenols is 1. The van der Waals surface area contributed by atoms with Crippen LogP contribution in [0.4, 0.5) is 11.4 Å². The van der Waals surface area contributed by atoms with Gasteiger partial charge in [-0.05, 0) is 63.8 Å². The number of allylic oxidation sites excluding steroid dienone is 3. The van der Waals surface area contributed by atoms with Crippen LogP contribution >= 0.6 is 0 Å². The molecule has 2 aromatic carbocycles. The number of nitroso groups, excluding NO2 is 2. The molecule has 2 heterocycles. The van der Waals surface area contributed by atoms with Crippen molar-refractivity contribution in [2.45, 2.75) is 31.8 Å². The van der Waals surface area contributed by atoms with Gasteiger partial charge in [-0.2, -0.15) is 0 Å². The summed E-state index contributed by atoms with van der Waals surface area (Å²) in [5, 5.41) is 16.6. The topological polar surface area (TPSA) is 91.6 Å². The summed E-state index contributed by atoms with van der Waals surface area (Å²) >= 11 is 0. The number of hydrogen-bond donors (Lipinski definition) is 1. The van der Waals surface area contributed by atoms with E-state index in [1.807, 2.05) is 30.4 Å². The van der Waals surface area contributed by atoms with E-state index in [4.69, 9.17) is 4.74 Å². The molecule has 0 spiro atoms. The van der Waals surface area contributed by atoms with Crippen LogP contribution in [0.15, 0.2) is 58.6 Å². The van der Waals surface area contributed by atoms with Gasteiger partial charge in [-0.25, -0.2) is 0 Å². The van der Waals surface area contributed by atoms with E-state index in [1.165, 1.54) is 0 Å². The van der Waals surface area contributed by atoms with Crippen molar-refractivity contribution in [2.75, 3.05) is 6.54 Å². The highest BCUT2D eigenvalue weighted by atomic mass is 16.5. The molecule has 0 bridgehead atoms. The van der Waals surface area contributed by atoms with Crippen molar-refractivity contribution in [1.29, 1.82) is 0 Å². The van der Waals surface area contributed by atoms with Crippen LogP contribution in [0.2, 0.25) is 0 Å². The molecule has 29 heavy (non-hydrogen) atoms. The van der Waals surface area contributed by atoms with Gasteiger partial charge in [0.1, 0.15) is 17.1 Å². The van der Waals surface area contributed by atoms with Gasteiger partial charge in [0.05, 0.1) is 0 Å². The second kappa shape index (κ2) is 6.63. The van der Waals surface area contributed by atoms with E-state index >= 15 is 0 Å². The van der Waals surface area contributed by atoms with E-state index < -0.39 is 0 Å². The van der Waals surface area contributed by atoms with Crippen molar-refractivity contribution < 1.29 is 9.84 Å². The third kappa shape index (κ3) is 2.69. The van der Waals surface area contributed by atoms with Crippen molar-refractivity contribution in [3.05, 3.63) is 80.3 Å². The van der Waals surface area contributed by atoms with E-state index in [9.17, 15) is 14.9 Å². The third-order valence-electron chi connectivity index (χ3n) is 6.16. The molecule has 7 nitrogen and oxygen atoms in total. The van der Waals surface area contributed by atoms with E-state index in [1.54, 1.807) is 12.1 Å². The Balaban J connectivity index is 1.56. The Labute approximate surface area is 167 Å². The maximum atomic E-state index is 11.4. The number of phenolic OH excluding ortho intramolecular Hbond substituents is 1. The first-order valence-electron chi connectivity index (χ1n) is 9.59. The first-order chi connectivity index (χ1) is 14.1. The second-order valence-electron chi connectivity index (χ2n) is 7.69. The minimum Gasteiger partial charge on any atom is -0.504 e. The Kier molecular flexibility index (Phi) is 4.06. The molecular weight excluding hydrogens is 370 g/mol. The molecule has 0 saturated carbocycles. The number of ether oxygens (including phenoxy) is 1. The van der Waals surface area contributed by atoms with Crippen LogP contribution in [-0.2, 0) is 13.0 Å². The Morgan fingerprint density at radius 2 is 2.00 bits per heavy atom. The first kappa shape index (κ1) is 17.8. The van der Waals surface area contributed by atoms with Gasteiger partial charge in [-0.15, -0.1) is 9.81 Å². The van der Waals surface area contributed by atoms with Gasteiger partial charge in [-0.3, -0.25) is 4.90 Å². The van der Waals surface area contributed by atoms with Crippen LogP contribution in [0, 0.1) is 9.81 Å². The molecule has 2 aliphatic heterocycles. The molecule has 0 fully saturated rings. The van der Waals surface area contributed by atoms with Crippen molar-refractivity contribution in [3.63, 3.8) is 0 Å². The molecule has 1 aliphatic carbocycles. The van der Waals surface area contributed by atoms with Crippen LogP contribution in [0.25, 0.3) is 0 Å². The van der Waals surface area contributed by atoms with E-state index in [0.29, 0.717) is 12.3 Å². The summed E-state index contributed by atoms with van der Waals surface area (Å²) in [6, 6.07) is 7.21. The van der Waals surface area contributed by atoms with Gasteiger partial charge in [0.2, 0.25) is 0 Å². The van der Waals surface area contributed by atoms with Crippen molar-refractivity contribution in [1.82, 2.24) is 4.90 Å². The summed E-state index contributed by atoms with van der Waals surface area (Å²) in [5.74, 6) is 1.36. The fourth-order valence-corrected chi connectivity index (χ4v) is 4.71. The average molecular weight is 389 g/mol. The molecule has 2 atom stereocenters. The van der Waals surface area contributed by atoms with Gasteiger partial charge in [0, 0.05) is 30.6 Å². The normalized spacial score (nSPS) is 21.9. The van der Waals surface area contributed by atoms with Crippen molar-refractivity contribution >= 4 is 11.4 Å². The standard InChI is InChI=1S/C22H19N3O4/c1-12-15-5-6-18(23-27)21(24-28)17(15)11-25-8-7-13-9-20(29-14-3-2-4-14)19(26)10-16(13)22(12)25/h2-6,9-10,12,22,26H,7-8,11H2,1H3. The Hall–Kier alpha value is -3.32. The Morgan fingerprint density at radius 3 is 2.69 bits per heavy atom. The molecule has 1 N–H and O–H groups in total. The molecule has 0 saturated heterocycles. The zero-order chi connectivity index (χ0) is 20.1. The monoisotopic (exact) mass is 389 g/mol. The number of aromatic hydroxyl groups is 1. The quantitative estimate of drug-likeness (QED) is 0.722. The van der Waals surface area contributed by atoms with Crippen molar-refractivity contribution in [2.24, 2.45) is 10.4 Å². The Morgan fingerprint density at radius 1 is 1.17 bits per heavy atom. The summed E-state index contributed by atoms with van der Waals surface area (Å²) in [4.78, 5) is 24.7. The zero-order valence-electron chi connectivity index (χ0n) is 15.8. The fraction of sp³-hybridized carbons (Fsp3) is 0.273. The van der Waals surface area contributed by atoms with Crippen LogP contribution < -0.4 is 4.74 Å². The van der Waals surface area contributed by atoms with E-state index in [2.05, 4.69) is 22.2 Å². The highest BCUT2D eigenvalue weighted by molar-refractivity contribution is 5.69. The summed E-state index contributed by atoms with van der Waals surface area (Å²) < 4.78 is 5.75. The molecule has 2 aromatic rings. The molecule has 0 radical (unpaired) electrons. The molecule has 2 unspecified atom stereocenters. The maximum absolute atomic E-state index is 11.4. The minimum atomic E-state index is 0.0578. The summed E-state index contributed by atoms with van der Waals surface area (Å²) in [6.07, 6.45) is 6.39. The molecule has 3 aliphatic rings. The lowest BCUT2D eigenvalue weighted by molar-refractivity contribution is 0.139. The van der Waals surface area contributed by atoms with Gasteiger partial charge >= 0.3 is 0 Å². The van der Waals surface area contributed by atoms with Crippen LogP contribution in [-0.4, -0.2) is 16.6 Å². The number of benzene rings is 2. The van der Waals surface area contributed by atoms with Gasteiger partial charge < -0.3 is 9.84 Å². The van der Waals surface area contributed by atoms with Crippen molar-refractivity contribution in [3.8, 4) is 11.5 Å². The third-order valence-corrected chi connectivity index (χ3v) is 6.16. The van der Waals surface area contributed by atoms with Crippen LogP contribution in [0.5, 0.6) is 11.5 Å². The lowest BCUT2D eigenvalue weighted by Crippen LogP contribution is -2.41. The van der Waals surface area contributed by atoms with Gasteiger partial charge in [0.15, 0.2) is 11.5 Å². The average Bonchev–Trinajstić information content (AvgIpc) is 2.69. The second-order valence-corrected chi connectivity index (χ2v) is 7.69. The number of nitrogens with zero attached hydrogens (tertiary/aromatic N) is 3. The highest BCUT2D eigenvalue weighted by Crippen LogP contribution is 2.51. The lowest BCUT2D eigenvalue weighted by atomic mass is 9.77. The number of rotatable bonds is 4. The Bertz CT molecular complexity index is 1110. The number of hydrogen-bond acceptors (Lipinski definition) is 7. The smallest absolute Gasteiger partial charge is 0.169 e. The maximum Gasteiger partial charge on any atom is 0.169 e. The molecule has 7 heteroatoms. The van der Waals surface area contributed by atoms with E-state index in [-0.39, 0.29) is 29.1 Å². The van der Waals surface area contributed by atoms with Crippen LogP contribution in [0.1, 0.15) is 41.1 Å². The molecule has 0 amide bonds. The van der Waals surface area contributed by atoms with Gasteiger partial charge in [0.25, 0.3) is 0 Å². The van der Waals surface area contributed by atoms with Gasteiger partial charge in [-0.1, -0.05) is 19.1 Å². The van der Waals surface area contributed by atoms with Crippen LogP contribution in [0.3, 0.4) is 0 Å². The van der Waals surface area contributed by atoms with E-state index in [0.717, 1.165) is 41.0 Å². The number of fused-ring (bicyclic) bond motifs is 4. The summed E-state index contributed by atoms with van der Waals surface area (Å²) in [7, 11) is 0.